The third-order valence-electron chi connectivity index (χ3n) is 3.03. The third-order valence-corrected chi connectivity index (χ3v) is 3.03. The molecule has 1 unspecified atom stereocenters. The van der Waals surface area contributed by atoms with Crippen LogP contribution in [0.5, 0.6) is 0 Å². The quantitative estimate of drug-likeness (QED) is 0.818. The Morgan fingerprint density at radius 3 is 2.67 bits per heavy atom. The molecular weight excluding hydrogens is 224 g/mol. The van der Waals surface area contributed by atoms with Crippen molar-refractivity contribution in [2.45, 2.75) is 26.1 Å². The highest BCUT2D eigenvalue weighted by molar-refractivity contribution is 5.17. The highest BCUT2D eigenvalue weighted by Crippen LogP contribution is 2.10. The van der Waals surface area contributed by atoms with Gasteiger partial charge in [-0.15, -0.1) is 0 Å². The van der Waals surface area contributed by atoms with Gasteiger partial charge in [0.05, 0.1) is 6.10 Å². The van der Waals surface area contributed by atoms with Crippen LogP contribution in [0.4, 0.5) is 0 Å². The predicted octanol–water partition coefficient (Wildman–Crippen LogP) is 2.33. The molecule has 18 heavy (non-hydrogen) atoms. The van der Waals surface area contributed by atoms with Crippen LogP contribution in [0.15, 0.2) is 48.8 Å². The molecule has 0 radical (unpaired) electrons. The first-order valence-electron chi connectivity index (χ1n) is 6.38. The Hall–Kier alpha value is -1.58. The van der Waals surface area contributed by atoms with Crippen LogP contribution < -0.4 is 5.32 Å². The minimum Gasteiger partial charge on any atom is -0.387 e. The molecule has 0 aliphatic heterocycles. The van der Waals surface area contributed by atoms with Gasteiger partial charge in [0.2, 0.25) is 0 Å². The Bertz CT molecular complexity index is 464. The fraction of sp³-hybridized carbons (Fsp3) is 0.333. The van der Waals surface area contributed by atoms with Crippen LogP contribution in [0.3, 0.4) is 0 Å². The van der Waals surface area contributed by atoms with Crippen LogP contribution in [0, 0.1) is 0 Å². The Kier molecular flexibility index (Phi) is 4.56. The summed E-state index contributed by atoms with van der Waals surface area (Å²) in [5, 5.41) is 13.3. The van der Waals surface area contributed by atoms with Gasteiger partial charge in [0.1, 0.15) is 0 Å². The van der Waals surface area contributed by atoms with Crippen molar-refractivity contribution in [3.8, 4) is 0 Å². The monoisotopic (exact) mass is 244 g/mol. The number of nitrogens with one attached hydrogen (secondary N) is 1. The van der Waals surface area contributed by atoms with E-state index in [1.54, 1.807) is 0 Å². The number of hydrogen-bond acceptors (Lipinski definition) is 2. The Labute approximate surface area is 108 Å². The van der Waals surface area contributed by atoms with Crippen molar-refractivity contribution in [1.29, 1.82) is 0 Å². The zero-order chi connectivity index (χ0) is 12.8. The topological polar surface area (TPSA) is 37.2 Å². The minimum absolute atomic E-state index is 0.445. The summed E-state index contributed by atoms with van der Waals surface area (Å²) in [6, 6.07) is 11.8. The molecule has 0 saturated carbocycles. The molecule has 0 saturated heterocycles. The van der Waals surface area contributed by atoms with Crippen molar-refractivity contribution in [2.75, 3.05) is 6.54 Å². The second-order valence-corrected chi connectivity index (χ2v) is 4.41. The molecule has 96 valence electrons. The van der Waals surface area contributed by atoms with Gasteiger partial charge in [-0.1, -0.05) is 30.3 Å². The number of rotatable bonds is 6. The van der Waals surface area contributed by atoms with Crippen LogP contribution in [-0.2, 0) is 13.1 Å². The molecule has 0 aliphatic carbocycles. The second-order valence-electron chi connectivity index (χ2n) is 4.41. The number of aromatic nitrogens is 1. The maximum atomic E-state index is 9.98. The Morgan fingerprint density at radius 1 is 1.22 bits per heavy atom. The number of benzene rings is 1. The first kappa shape index (κ1) is 12.9. The van der Waals surface area contributed by atoms with Crippen molar-refractivity contribution >= 4 is 0 Å². The average molecular weight is 244 g/mol. The smallest absolute Gasteiger partial charge is 0.0914 e. The van der Waals surface area contributed by atoms with Gasteiger partial charge < -0.3 is 15.0 Å². The van der Waals surface area contributed by atoms with E-state index in [0.717, 1.165) is 18.7 Å². The van der Waals surface area contributed by atoms with Gasteiger partial charge in [-0.05, 0) is 24.1 Å². The molecule has 1 aromatic heterocycles. The second kappa shape index (κ2) is 6.38. The summed E-state index contributed by atoms with van der Waals surface area (Å²) in [7, 11) is 0. The lowest BCUT2D eigenvalue weighted by molar-refractivity contribution is 0.174. The van der Waals surface area contributed by atoms with Crippen LogP contribution in [0.1, 0.15) is 24.2 Å². The lowest BCUT2D eigenvalue weighted by Crippen LogP contribution is -2.20. The minimum atomic E-state index is -0.445. The molecule has 0 amide bonds. The van der Waals surface area contributed by atoms with Gasteiger partial charge in [0, 0.05) is 32.0 Å². The first-order chi connectivity index (χ1) is 8.79. The molecule has 1 heterocycles. The maximum absolute atomic E-state index is 9.98. The number of hydrogen-bond donors (Lipinski definition) is 2. The van der Waals surface area contributed by atoms with E-state index < -0.39 is 6.10 Å². The zero-order valence-corrected chi connectivity index (χ0v) is 10.7. The summed E-state index contributed by atoms with van der Waals surface area (Å²) in [6.07, 6.45) is 3.76. The molecule has 2 rings (SSSR count). The van der Waals surface area contributed by atoms with Gasteiger partial charge in [-0.25, -0.2) is 0 Å². The largest absolute Gasteiger partial charge is 0.387 e. The van der Waals surface area contributed by atoms with E-state index in [1.807, 2.05) is 30.3 Å². The SMILES string of the molecule is CCn1ccc(CNCC(O)c2ccccc2)c1. The van der Waals surface area contributed by atoms with E-state index in [-0.39, 0.29) is 0 Å². The average Bonchev–Trinajstić information content (AvgIpc) is 2.87. The predicted molar refractivity (Wildman–Crippen MR) is 73.2 cm³/mol. The summed E-state index contributed by atoms with van der Waals surface area (Å²) in [4.78, 5) is 0. The molecular formula is C15H20N2O. The number of nitrogens with zero attached hydrogens (tertiary/aromatic N) is 1. The molecule has 0 aliphatic rings. The van der Waals surface area contributed by atoms with Crippen LogP contribution >= 0.6 is 0 Å². The molecule has 0 bridgehead atoms. The van der Waals surface area contributed by atoms with Crippen LogP contribution in [-0.4, -0.2) is 16.2 Å². The number of aliphatic hydroxyl groups is 1. The molecule has 1 atom stereocenters. The fourth-order valence-corrected chi connectivity index (χ4v) is 1.94. The number of aryl methyl sites for hydroxylation is 1. The summed E-state index contributed by atoms with van der Waals surface area (Å²) in [5.74, 6) is 0. The zero-order valence-electron chi connectivity index (χ0n) is 10.7. The van der Waals surface area contributed by atoms with Gasteiger partial charge in [-0.3, -0.25) is 0 Å². The number of aliphatic hydroxyl groups excluding tert-OH is 1. The molecule has 3 nitrogen and oxygen atoms in total. The van der Waals surface area contributed by atoms with Crippen LogP contribution in [0.25, 0.3) is 0 Å². The van der Waals surface area contributed by atoms with E-state index in [9.17, 15) is 5.11 Å². The molecule has 2 aromatic rings. The van der Waals surface area contributed by atoms with Crippen molar-refractivity contribution in [1.82, 2.24) is 9.88 Å². The van der Waals surface area contributed by atoms with E-state index >= 15 is 0 Å². The van der Waals surface area contributed by atoms with E-state index in [1.165, 1.54) is 5.56 Å². The molecule has 3 heteroatoms. The first-order valence-corrected chi connectivity index (χ1v) is 6.38. The summed E-state index contributed by atoms with van der Waals surface area (Å²) in [5.41, 5.74) is 2.20. The van der Waals surface area contributed by atoms with Crippen molar-refractivity contribution in [2.24, 2.45) is 0 Å². The van der Waals surface area contributed by atoms with Crippen LogP contribution in [0.2, 0.25) is 0 Å². The summed E-state index contributed by atoms with van der Waals surface area (Å²) < 4.78 is 2.14. The van der Waals surface area contributed by atoms with E-state index in [4.69, 9.17) is 0 Å². The Balaban J connectivity index is 1.78. The molecule has 0 spiro atoms. The summed E-state index contributed by atoms with van der Waals surface area (Å²) >= 11 is 0. The van der Waals surface area contributed by atoms with Gasteiger partial charge in [-0.2, -0.15) is 0 Å². The van der Waals surface area contributed by atoms with E-state index in [0.29, 0.717) is 6.54 Å². The highest BCUT2D eigenvalue weighted by atomic mass is 16.3. The molecule has 1 aromatic carbocycles. The molecule has 0 fully saturated rings. The van der Waals surface area contributed by atoms with Gasteiger partial charge in [0.25, 0.3) is 0 Å². The normalized spacial score (nSPS) is 12.6. The lowest BCUT2D eigenvalue weighted by atomic mass is 10.1. The maximum Gasteiger partial charge on any atom is 0.0914 e. The van der Waals surface area contributed by atoms with Crippen molar-refractivity contribution < 1.29 is 5.11 Å². The van der Waals surface area contributed by atoms with E-state index in [2.05, 4.69) is 35.3 Å². The summed E-state index contributed by atoms with van der Waals surface area (Å²) in [6.45, 7) is 4.47. The van der Waals surface area contributed by atoms with Gasteiger partial charge in [0.15, 0.2) is 0 Å². The standard InChI is InChI=1S/C15H20N2O/c1-2-17-9-8-13(12-17)10-16-11-15(18)14-6-4-3-5-7-14/h3-9,12,15-16,18H,2,10-11H2,1H3. The molecule has 2 N–H and O–H groups in total. The van der Waals surface area contributed by atoms with Gasteiger partial charge >= 0.3 is 0 Å². The highest BCUT2D eigenvalue weighted by Gasteiger charge is 2.05. The van der Waals surface area contributed by atoms with Crippen molar-refractivity contribution in [3.63, 3.8) is 0 Å². The fourth-order valence-electron chi connectivity index (χ4n) is 1.94. The lowest BCUT2D eigenvalue weighted by Gasteiger charge is -2.11. The third kappa shape index (κ3) is 3.45. The Morgan fingerprint density at radius 2 is 2.00 bits per heavy atom. The van der Waals surface area contributed by atoms with Crippen molar-refractivity contribution in [3.05, 3.63) is 59.9 Å².